The second kappa shape index (κ2) is 4.64. The van der Waals surface area contributed by atoms with Crippen molar-refractivity contribution in [3.63, 3.8) is 0 Å². The lowest BCUT2D eigenvalue weighted by molar-refractivity contribution is 0.284. The fourth-order valence-electron chi connectivity index (χ4n) is 2.46. The van der Waals surface area contributed by atoms with E-state index in [2.05, 4.69) is 16.2 Å². The van der Waals surface area contributed by atoms with Crippen molar-refractivity contribution in [1.29, 1.82) is 5.26 Å². The van der Waals surface area contributed by atoms with E-state index >= 15 is 0 Å². The molecule has 1 saturated carbocycles. The number of hydrogen-bond acceptors (Lipinski definition) is 5. The molecule has 0 spiro atoms. The van der Waals surface area contributed by atoms with E-state index in [1.165, 1.54) is 0 Å². The molecule has 102 valence electrons. The van der Waals surface area contributed by atoms with Crippen LogP contribution in [-0.2, 0) is 6.61 Å². The van der Waals surface area contributed by atoms with Crippen LogP contribution in [0.3, 0.4) is 0 Å². The predicted octanol–water partition coefficient (Wildman–Crippen LogP) is 2.91. The maximum absolute atomic E-state index is 9.07. The van der Waals surface area contributed by atoms with E-state index in [9.17, 15) is 0 Å². The zero-order valence-electron chi connectivity index (χ0n) is 11.4. The molecule has 0 N–H and O–H groups in total. The van der Waals surface area contributed by atoms with Gasteiger partial charge in [-0.1, -0.05) is 37.2 Å². The molecular formula is C15H15N3O2. The van der Waals surface area contributed by atoms with Crippen molar-refractivity contribution in [2.45, 2.75) is 26.4 Å². The molecule has 2 aromatic rings. The van der Waals surface area contributed by atoms with Crippen LogP contribution in [0.5, 0.6) is 5.75 Å². The highest BCUT2D eigenvalue weighted by Crippen LogP contribution is 2.63. The van der Waals surface area contributed by atoms with Crippen molar-refractivity contribution in [3.05, 3.63) is 42.0 Å². The molecule has 0 amide bonds. The Morgan fingerprint density at radius 1 is 1.35 bits per heavy atom. The van der Waals surface area contributed by atoms with Crippen molar-refractivity contribution >= 4 is 0 Å². The van der Waals surface area contributed by atoms with Gasteiger partial charge in [-0.25, -0.2) is 0 Å². The minimum absolute atomic E-state index is 0.0328. The van der Waals surface area contributed by atoms with Gasteiger partial charge in [0.2, 0.25) is 11.7 Å². The summed E-state index contributed by atoms with van der Waals surface area (Å²) in [6.45, 7) is 4.34. The first-order valence-corrected chi connectivity index (χ1v) is 6.53. The van der Waals surface area contributed by atoms with Crippen molar-refractivity contribution in [2.75, 3.05) is 0 Å². The van der Waals surface area contributed by atoms with Gasteiger partial charge in [0.05, 0.1) is 17.9 Å². The SMILES string of the molecule is CC1(C)C(C#N)C1c1nc(COc2ccccc2)no1. The van der Waals surface area contributed by atoms with Gasteiger partial charge >= 0.3 is 0 Å². The van der Waals surface area contributed by atoms with Crippen LogP contribution < -0.4 is 4.74 Å². The molecule has 2 unspecified atom stereocenters. The molecule has 1 aromatic carbocycles. The Morgan fingerprint density at radius 2 is 2.10 bits per heavy atom. The van der Waals surface area contributed by atoms with Gasteiger partial charge in [-0.15, -0.1) is 0 Å². The third kappa shape index (κ3) is 2.14. The summed E-state index contributed by atoms with van der Waals surface area (Å²) in [5.41, 5.74) is -0.0845. The molecule has 20 heavy (non-hydrogen) atoms. The molecular weight excluding hydrogens is 254 g/mol. The Balaban J connectivity index is 1.65. The average molecular weight is 269 g/mol. The first-order valence-electron chi connectivity index (χ1n) is 6.53. The highest BCUT2D eigenvalue weighted by atomic mass is 16.5. The second-order valence-corrected chi connectivity index (χ2v) is 5.56. The standard InChI is InChI=1S/C15H15N3O2/c1-15(2)11(8-16)13(15)14-17-12(18-20-14)9-19-10-6-4-3-5-7-10/h3-7,11,13H,9H2,1-2H3. The molecule has 0 aliphatic heterocycles. The lowest BCUT2D eigenvalue weighted by atomic mass is 10.1. The minimum Gasteiger partial charge on any atom is -0.485 e. The molecule has 1 aliphatic rings. The quantitative estimate of drug-likeness (QED) is 0.853. The van der Waals surface area contributed by atoms with E-state index in [4.69, 9.17) is 14.5 Å². The van der Waals surface area contributed by atoms with E-state index < -0.39 is 0 Å². The predicted molar refractivity (Wildman–Crippen MR) is 70.7 cm³/mol. The highest BCUT2D eigenvalue weighted by Gasteiger charge is 2.62. The third-order valence-corrected chi connectivity index (χ3v) is 3.83. The summed E-state index contributed by atoms with van der Waals surface area (Å²) in [5.74, 6) is 1.79. The summed E-state index contributed by atoms with van der Waals surface area (Å²) in [7, 11) is 0. The molecule has 0 saturated heterocycles. The highest BCUT2D eigenvalue weighted by molar-refractivity contribution is 5.26. The lowest BCUT2D eigenvalue weighted by Crippen LogP contribution is -1.98. The van der Waals surface area contributed by atoms with E-state index in [0.29, 0.717) is 11.7 Å². The summed E-state index contributed by atoms with van der Waals surface area (Å²) < 4.78 is 10.8. The van der Waals surface area contributed by atoms with Gasteiger partial charge in [0.1, 0.15) is 5.75 Å². The summed E-state index contributed by atoms with van der Waals surface area (Å²) in [6.07, 6.45) is 0. The largest absolute Gasteiger partial charge is 0.485 e. The van der Waals surface area contributed by atoms with Gasteiger partial charge in [0.15, 0.2) is 6.61 Å². The van der Waals surface area contributed by atoms with Crippen LogP contribution in [0.25, 0.3) is 0 Å². The number of rotatable bonds is 4. The molecule has 5 nitrogen and oxygen atoms in total. The topological polar surface area (TPSA) is 71.9 Å². The molecule has 1 aliphatic carbocycles. The first-order chi connectivity index (χ1) is 9.63. The van der Waals surface area contributed by atoms with Crippen molar-refractivity contribution in [3.8, 4) is 11.8 Å². The van der Waals surface area contributed by atoms with E-state index in [1.807, 2.05) is 44.2 Å². The van der Waals surface area contributed by atoms with Crippen LogP contribution in [0.15, 0.2) is 34.9 Å². The molecule has 1 aromatic heterocycles. The monoisotopic (exact) mass is 269 g/mol. The van der Waals surface area contributed by atoms with Gasteiger partial charge < -0.3 is 9.26 Å². The smallest absolute Gasteiger partial charge is 0.231 e. The van der Waals surface area contributed by atoms with E-state index in [0.717, 1.165) is 5.75 Å². The lowest BCUT2D eigenvalue weighted by Gasteiger charge is -2.01. The number of nitriles is 1. The maximum atomic E-state index is 9.07. The fraction of sp³-hybridized carbons (Fsp3) is 0.400. The Hall–Kier alpha value is -2.35. The summed E-state index contributed by atoms with van der Waals surface area (Å²) in [4.78, 5) is 4.33. The van der Waals surface area contributed by atoms with Gasteiger partial charge in [-0.2, -0.15) is 10.2 Å². The van der Waals surface area contributed by atoms with Gasteiger partial charge in [0.25, 0.3) is 0 Å². The first kappa shape index (κ1) is 12.7. The second-order valence-electron chi connectivity index (χ2n) is 5.56. The van der Waals surface area contributed by atoms with Crippen molar-refractivity contribution in [2.24, 2.45) is 11.3 Å². The van der Waals surface area contributed by atoms with E-state index in [1.54, 1.807) is 0 Å². The molecule has 3 rings (SSSR count). The molecule has 1 fully saturated rings. The molecule has 0 radical (unpaired) electrons. The van der Waals surface area contributed by atoms with E-state index in [-0.39, 0.29) is 23.9 Å². The van der Waals surface area contributed by atoms with Crippen LogP contribution in [0, 0.1) is 22.7 Å². The van der Waals surface area contributed by atoms with Crippen LogP contribution in [-0.4, -0.2) is 10.1 Å². The molecule has 5 heteroatoms. The summed E-state index contributed by atoms with van der Waals surface area (Å²) in [5, 5.41) is 13.0. The number of hydrogen-bond donors (Lipinski definition) is 0. The molecule has 0 bridgehead atoms. The van der Waals surface area contributed by atoms with Crippen molar-refractivity contribution in [1.82, 2.24) is 10.1 Å². The molecule has 2 atom stereocenters. The van der Waals surface area contributed by atoms with Crippen molar-refractivity contribution < 1.29 is 9.26 Å². The van der Waals surface area contributed by atoms with Crippen LogP contribution in [0.2, 0.25) is 0 Å². The van der Waals surface area contributed by atoms with Gasteiger partial charge in [-0.05, 0) is 17.5 Å². The van der Waals surface area contributed by atoms with Gasteiger partial charge in [0, 0.05) is 0 Å². The Labute approximate surface area is 117 Å². The normalized spacial score (nSPS) is 23.1. The third-order valence-electron chi connectivity index (χ3n) is 3.83. The van der Waals surface area contributed by atoms with Crippen LogP contribution in [0.4, 0.5) is 0 Å². The maximum Gasteiger partial charge on any atom is 0.231 e. The van der Waals surface area contributed by atoms with Gasteiger partial charge in [-0.3, -0.25) is 0 Å². The number of benzene rings is 1. The number of ether oxygens (including phenoxy) is 1. The fourth-order valence-corrected chi connectivity index (χ4v) is 2.46. The average Bonchev–Trinajstić information content (AvgIpc) is 2.81. The van der Waals surface area contributed by atoms with Crippen LogP contribution in [0.1, 0.15) is 31.5 Å². The number of aromatic nitrogens is 2. The summed E-state index contributed by atoms with van der Waals surface area (Å²) in [6, 6.07) is 11.8. The Morgan fingerprint density at radius 3 is 2.75 bits per heavy atom. The Bertz CT molecular complexity index is 643. The minimum atomic E-state index is -0.0845. The number of nitrogens with zero attached hydrogens (tertiary/aromatic N) is 3. The summed E-state index contributed by atoms with van der Waals surface area (Å²) >= 11 is 0. The number of para-hydroxylation sites is 1. The molecule has 1 heterocycles. The van der Waals surface area contributed by atoms with Crippen LogP contribution >= 0.6 is 0 Å². The Kier molecular flexibility index (Phi) is 2.94. The zero-order valence-corrected chi connectivity index (χ0v) is 11.4. The zero-order chi connectivity index (χ0) is 14.2.